The van der Waals surface area contributed by atoms with E-state index < -0.39 is 0 Å². The Morgan fingerprint density at radius 1 is 1.34 bits per heavy atom. The van der Waals surface area contributed by atoms with Crippen LogP contribution in [0, 0.1) is 6.92 Å². The number of amides is 1. The van der Waals surface area contributed by atoms with Crippen LogP contribution in [0.15, 0.2) is 36.7 Å². The molecule has 0 saturated heterocycles. The number of carbonyl (C=O) groups is 1. The molecule has 0 bridgehead atoms. The van der Waals surface area contributed by atoms with Crippen molar-refractivity contribution in [2.75, 3.05) is 20.6 Å². The summed E-state index contributed by atoms with van der Waals surface area (Å²) in [6, 6.07) is 8.21. The van der Waals surface area contributed by atoms with Gasteiger partial charge in [0, 0.05) is 73.0 Å². The van der Waals surface area contributed by atoms with E-state index in [0.717, 1.165) is 36.6 Å². The van der Waals surface area contributed by atoms with E-state index in [1.807, 2.05) is 24.5 Å². The molecule has 29 heavy (non-hydrogen) atoms. The molecule has 2 aromatic heterocycles. The summed E-state index contributed by atoms with van der Waals surface area (Å²) >= 11 is 6.33. The molecule has 1 N–H and O–H groups in total. The van der Waals surface area contributed by atoms with Crippen LogP contribution in [0.25, 0.3) is 10.9 Å². The van der Waals surface area contributed by atoms with E-state index in [2.05, 4.69) is 45.9 Å². The Balaban J connectivity index is 1.83. The lowest BCUT2D eigenvalue weighted by atomic mass is 9.92. The average molecular weight is 411 g/mol. The van der Waals surface area contributed by atoms with E-state index >= 15 is 0 Å². The SMILES string of the molecule is CNC(=O)CC(Cn1c2c(c3cc(Cl)ccc31)CCN(C)C2)c1ccncc1C. The summed E-state index contributed by atoms with van der Waals surface area (Å²) in [5.74, 6) is 0.122. The molecule has 1 aliphatic rings. The van der Waals surface area contributed by atoms with Crippen LogP contribution >= 0.6 is 11.6 Å². The molecule has 0 spiro atoms. The lowest BCUT2D eigenvalue weighted by Crippen LogP contribution is -2.29. The Labute approximate surface area is 176 Å². The largest absolute Gasteiger partial charge is 0.359 e. The lowest BCUT2D eigenvalue weighted by Gasteiger charge is -2.27. The fourth-order valence-electron chi connectivity index (χ4n) is 4.52. The molecule has 1 atom stereocenters. The second-order valence-corrected chi connectivity index (χ2v) is 8.43. The predicted octanol–water partition coefficient (Wildman–Crippen LogP) is 3.91. The summed E-state index contributed by atoms with van der Waals surface area (Å²) in [6.07, 6.45) is 5.15. The van der Waals surface area contributed by atoms with Gasteiger partial charge in [-0.15, -0.1) is 0 Å². The van der Waals surface area contributed by atoms with E-state index in [9.17, 15) is 4.79 Å². The molecule has 3 heterocycles. The molecule has 152 valence electrons. The molecule has 4 rings (SSSR count). The zero-order valence-electron chi connectivity index (χ0n) is 17.2. The third-order valence-corrected chi connectivity index (χ3v) is 6.26. The van der Waals surface area contributed by atoms with Gasteiger partial charge in [0.1, 0.15) is 0 Å². The first-order valence-electron chi connectivity index (χ1n) is 10.1. The minimum atomic E-state index is 0.0525. The van der Waals surface area contributed by atoms with Crippen LogP contribution in [0.2, 0.25) is 5.02 Å². The number of rotatable bonds is 5. The van der Waals surface area contributed by atoms with E-state index in [-0.39, 0.29) is 11.8 Å². The second-order valence-electron chi connectivity index (χ2n) is 7.99. The molecule has 0 aliphatic carbocycles. The van der Waals surface area contributed by atoms with Crippen molar-refractivity contribution in [2.24, 2.45) is 0 Å². The topological polar surface area (TPSA) is 50.2 Å². The van der Waals surface area contributed by atoms with Crippen LogP contribution in [0.3, 0.4) is 0 Å². The zero-order valence-corrected chi connectivity index (χ0v) is 18.0. The number of nitrogens with one attached hydrogen (secondary N) is 1. The lowest BCUT2D eigenvalue weighted by molar-refractivity contribution is -0.121. The number of fused-ring (bicyclic) bond motifs is 3. The zero-order chi connectivity index (χ0) is 20.5. The summed E-state index contributed by atoms with van der Waals surface area (Å²) in [5.41, 5.74) is 6.22. The van der Waals surface area contributed by atoms with Gasteiger partial charge in [-0.05, 0) is 61.3 Å². The Morgan fingerprint density at radius 3 is 2.93 bits per heavy atom. The molecule has 5 nitrogen and oxygen atoms in total. The van der Waals surface area contributed by atoms with Gasteiger partial charge in [0.05, 0.1) is 0 Å². The van der Waals surface area contributed by atoms with Crippen LogP contribution in [0.1, 0.15) is 34.7 Å². The van der Waals surface area contributed by atoms with Gasteiger partial charge in [0.15, 0.2) is 0 Å². The highest BCUT2D eigenvalue weighted by Crippen LogP contribution is 2.35. The summed E-state index contributed by atoms with van der Waals surface area (Å²) in [5, 5.41) is 4.80. The molecule has 0 radical (unpaired) electrons. The maximum Gasteiger partial charge on any atom is 0.220 e. The number of benzene rings is 1. The Kier molecular flexibility index (Phi) is 5.61. The number of halogens is 1. The molecular formula is C23H27ClN4O. The number of aryl methyl sites for hydroxylation is 1. The number of hydrogen-bond acceptors (Lipinski definition) is 3. The molecule has 6 heteroatoms. The van der Waals surface area contributed by atoms with Gasteiger partial charge in [0.25, 0.3) is 0 Å². The Bertz CT molecular complexity index is 1060. The monoisotopic (exact) mass is 410 g/mol. The first kappa shape index (κ1) is 19.9. The van der Waals surface area contributed by atoms with Crippen molar-refractivity contribution in [3.05, 3.63) is 64.1 Å². The third kappa shape index (κ3) is 3.89. The molecule has 1 unspecified atom stereocenters. The van der Waals surface area contributed by atoms with Crippen molar-refractivity contribution in [3.8, 4) is 0 Å². The van der Waals surface area contributed by atoms with Gasteiger partial charge < -0.3 is 14.8 Å². The average Bonchev–Trinajstić information content (AvgIpc) is 2.99. The summed E-state index contributed by atoms with van der Waals surface area (Å²) in [6.45, 7) is 4.77. The first-order chi connectivity index (χ1) is 14.0. The number of aromatic nitrogens is 2. The van der Waals surface area contributed by atoms with Crippen molar-refractivity contribution >= 4 is 28.4 Å². The van der Waals surface area contributed by atoms with Crippen molar-refractivity contribution in [3.63, 3.8) is 0 Å². The van der Waals surface area contributed by atoms with E-state index in [4.69, 9.17) is 11.6 Å². The third-order valence-electron chi connectivity index (χ3n) is 6.03. The molecule has 0 fully saturated rings. The molecule has 1 aliphatic heterocycles. The normalized spacial score (nSPS) is 15.3. The highest BCUT2D eigenvalue weighted by Gasteiger charge is 2.26. The van der Waals surface area contributed by atoms with Crippen molar-refractivity contribution in [2.45, 2.75) is 38.8 Å². The quantitative estimate of drug-likeness (QED) is 0.693. The number of nitrogens with zero attached hydrogens (tertiary/aromatic N) is 3. The minimum Gasteiger partial charge on any atom is -0.359 e. The van der Waals surface area contributed by atoms with Gasteiger partial charge >= 0.3 is 0 Å². The maximum atomic E-state index is 12.3. The van der Waals surface area contributed by atoms with Crippen LogP contribution in [0.5, 0.6) is 0 Å². The molecule has 3 aromatic rings. The van der Waals surface area contributed by atoms with Gasteiger partial charge in [-0.2, -0.15) is 0 Å². The van der Waals surface area contributed by atoms with Gasteiger partial charge in [-0.1, -0.05) is 11.6 Å². The Hall–Kier alpha value is -2.37. The summed E-state index contributed by atoms with van der Waals surface area (Å²) in [7, 11) is 3.86. The smallest absolute Gasteiger partial charge is 0.220 e. The number of hydrogen-bond donors (Lipinski definition) is 1. The van der Waals surface area contributed by atoms with Crippen molar-refractivity contribution < 1.29 is 4.79 Å². The predicted molar refractivity (Wildman–Crippen MR) is 117 cm³/mol. The number of pyridine rings is 1. The molecule has 1 amide bonds. The van der Waals surface area contributed by atoms with Crippen LogP contribution in [-0.2, 0) is 24.3 Å². The van der Waals surface area contributed by atoms with Crippen LogP contribution in [0.4, 0.5) is 0 Å². The maximum absolute atomic E-state index is 12.3. The van der Waals surface area contributed by atoms with Crippen molar-refractivity contribution in [1.29, 1.82) is 0 Å². The Morgan fingerprint density at radius 2 is 2.17 bits per heavy atom. The standard InChI is InChI=1S/C23H27ClN4O/c1-15-12-26-8-6-18(15)16(10-23(29)25-2)13-28-21-5-4-17(24)11-20(21)19-7-9-27(3)14-22(19)28/h4-6,8,11-12,16H,7,9-10,13-14H2,1-3H3,(H,25,29). The van der Waals surface area contributed by atoms with Gasteiger partial charge in [-0.3, -0.25) is 9.78 Å². The van der Waals surface area contributed by atoms with E-state index in [1.54, 1.807) is 7.05 Å². The van der Waals surface area contributed by atoms with Crippen LogP contribution < -0.4 is 5.32 Å². The highest BCUT2D eigenvalue weighted by molar-refractivity contribution is 6.31. The number of likely N-dealkylation sites (N-methyl/N-ethyl adjacent to an activating group) is 1. The van der Waals surface area contributed by atoms with E-state index in [0.29, 0.717) is 6.42 Å². The highest BCUT2D eigenvalue weighted by atomic mass is 35.5. The molecular weight excluding hydrogens is 384 g/mol. The molecule has 0 saturated carbocycles. The van der Waals surface area contributed by atoms with Gasteiger partial charge in [-0.25, -0.2) is 0 Å². The first-order valence-corrected chi connectivity index (χ1v) is 10.4. The molecule has 1 aromatic carbocycles. The minimum absolute atomic E-state index is 0.0525. The summed E-state index contributed by atoms with van der Waals surface area (Å²) < 4.78 is 2.41. The fourth-order valence-corrected chi connectivity index (χ4v) is 4.69. The van der Waals surface area contributed by atoms with Crippen LogP contribution in [-0.4, -0.2) is 41.0 Å². The summed E-state index contributed by atoms with van der Waals surface area (Å²) in [4.78, 5) is 18.9. The second kappa shape index (κ2) is 8.17. The van der Waals surface area contributed by atoms with Crippen molar-refractivity contribution in [1.82, 2.24) is 19.8 Å². The fraction of sp³-hybridized carbons (Fsp3) is 0.391. The van der Waals surface area contributed by atoms with E-state index in [1.165, 1.54) is 27.7 Å². The van der Waals surface area contributed by atoms with Gasteiger partial charge in [0.2, 0.25) is 5.91 Å². The number of carbonyl (C=O) groups excluding carboxylic acids is 1.